The van der Waals surface area contributed by atoms with Gasteiger partial charge in [-0.25, -0.2) is 0 Å². The first-order chi connectivity index (χ1) is 17.6. The number of carbonyl (C=O) groups excluding carboxylic acids is 2. The van der Waals surface area contributed by atoms with E-state index in [1.807, 2.05) is 84.6 Å². The van der Waals surface area contributed by atoms with Crippen molar-refractivity contribution in [3.8, 4) is 0 Å². The summed E-state index contributed by atoms with van der Waals surface area (Å²) in [6.45, 7) is 6.95. The molecule has 0 saturated carbocycles. The molecule has 3 aromatic carbocycles. The van der Waals surface area contributed by atoms with Gasteiger partial charge in [-0.2, -0.15) is 0 Å². The lowest BCUT2D eigenvalue weighted by Crippen LogP contribution is -2.46. The molecule has 188 valence electrons. The standard InChI is InChI=1S/C31H37N3O2/c1-3-27(25-15-9-6-10-16-25)30(35)32-26-19-21-34(22-20-26)29-18-12-11-17-28(29)31(36)33(4-2)23-24-13-7-5-8-14-24/h5-18,26-27H,3-4,19-23H2,1-2H3,(H,32,35)/t27-/m1/s1. The number of para-hydroxylation sites is 1. The molecule has 0 unspecified atom stereocenters. The zero-order chi connectivity index (χ0) is 25.3. The number of carbonyl (C=O) groups is 2. The fourth-order valence-electron chi connectivity index (χ4n) is 5.06. The molecule has 0 radical (unpaired) electrons. The van der Waals surface area contributed by atoms with Crippen LogP contribution >= 0.6 is 0 Å². The third-order valence-electron chi connectivity index (χ3n) is 7.13. The zero-order valence-electron chi connectivity index (χ0n) is 21.4. The van der Waals surface area contributed by atoms with Gasteiger partial charge in [0.2, 0.25) is 5.91 Å². The Hall–Kier alpha value is -3.60. The van der Waals surface area contributed by atoms with Gasteiger partial charge in [0.25, 0.3) is 5.91 Å². The molecule has 1 fully saturated rings. The number of nitrogens with one attached hydrogen (secondary N) is 1. The summed E-state index contributed by atoms with van der Waals surface area (Å²) in [5, 5.41) is 3.29. The van der Waals surface area contributed by atoms with Crippen LogP contribution in [0.25, 0.3) is 0 Å². The number of anilines is 1. The van der Waals surface area contributed by atoms with Crippen molar-refractivity contribution >= 4 is 17.5 Å². The molecule has 0 spiro atoms. The van der Waals surface area contributed by atoms with Gasteiger partial charge in [-0.15, -0.1) is 0 Å². The first-order valence-corrected chi connectivity index (χ1v) is 13.1. The number of hydrogen-bond acceptors (Lipinski definition) is 3. The average Bonchev–Trinajstić information content (AvgIpc) is 2.93. The van der Waals surface area contributed by atoms with Crippen molar-refractivity contribution in [1.82, 2.24) is 10.2 Å². The normalized spacial score (nSPS) is 14.8. The van der Waals surface area contributed by atoms with E-state index in [0.717, 1.165) is 54.7 Å². The quantitative estimate of drug-likeness (QED) is 0.429. The predicted molar refractivity (Wildman–Crippen MR) is 146 cm³/mol. The Morgan fingerprint density at radius 2 is 1.50 bits per heavy atom. The number of amides is 2. The smallest absolute Gasteiger partial charge is 0.256 e. The van der Waals surface area contributed by atoms with Crippen LogP contribution in [0.1, 0.15) is 60.5 Å². The molecular weight excluding hydrogens is 446 g/mol. The Bertz CT molecular complexity index is 1120. The molecule has 0 aliphatic carbocycles. The number of hydrogen-bond donors (Lipinski definition) is 1. The van der Waals surface area contributed by atoms with Gasteiger partial charge in [0.1, 0.15) is 0 Å². The van der Waals surface area contributed by atoms with Crippen molar-refractivity contribution in [3.05, 3.63) is 102 Å². The summed E-state index contributed by atoms with van der Waals surface area (Å²) in [6.07, 6.45) is 2.50. The lowest BCUT2D eigenvalue weighted by atomic mass is 9.94. The van der Waals surface area contributed by atoms with Gasteiger partial charge in [0, 0.05) is 37.9 Å². The molecule has 5 heteroatoms. The number of nitrogens with zero attached hydrogens (tertiary/aromatic N) is 2. The van der Waals surface area contributed by atoms with Gasteiger partial charge in [0.15, 0.2) is 0 Å². The van der Waals surface area contributed by atoms with Crippen LogP contribution in [0, 0.1) is 0 Å². The van der Waals surface area contributed by atoms with E-state index in [9.17, 15) is 9.59 Å². The topological polar surface area (TPSA) is 52.7 Å². The minimum Gasteiger partial charge on any atom is -0.371 e. The molecule has 1 aliphatic rings. The van der Waals surface area contributed by atoms with E-state index in [1.165, 1.54) is 0 Å². The Kier molecular flexibility index (Phi) is 8.77. The first kappa shape index (κ1) is 25.5. The van der Waals surface area contributed by atoms with Crippen molar-refractivity contribution in [2.75, 3.05) is 24.5 Å². The molecule has 36 heavy (non-hydrogen) atoms. The van der Waals surface area contributed by atoms with E-state index >= 15 is 0 Å². The van der Waals surface area contributed by atoms with Crippen LogP contribution in [0.4, 0.5) is 5.69 Å². The number of piperidine rings is 1. The molecule has 5 nitrogen and oxygen atoms in total. The largest absolute Gasteiger partial charge is 0.371 e. The van der Waals surface area contributed by atoms with Gasteiger partial charge < -0.3 is 15.1 Å². The summed E-state index contributed by atoms with van der Waals surface area (Å²) in [6, 6.07) is 28.2. The molecule has 1 atom stereocenters. The van der Waals surface area contributed by atoms with Crippen LogP contribution in [0.5, 0.6) is 0 Å². The van der Waals surface area contributed by atoms with Gasteiger partial charge >= 0.3 is 0 Å². The highest BCUT2D eigenvalue weighted by Gasteiger charge is 2.27. The molecule has 0 bridgehead atoms. The van der Waals surface area contributed by atoms with E-state index in [0.29, 0.717) is 13.1 Å². The van der Waals surface area contributed by atoms with Crippen LogP contribution < -0.4 is 10.2 Å². The molecule has 1 N–H and O–H groups in total. The van der Waals surface area contributed by atoms with E-state index in [-0.39, 0.29) is 23.8 Å². The summed E-state index contributed by atoms with van der Waals surface area (Å²) in [7, 11) is 0. The SMILES string of the molecule is CC[C@@H](C(=O)NC1CCN(c2ccccc2C(=O)N(CC)Cc2ccccc2)CC1)c1ccccc1. The Balaban J connectivity index is 1.39. The second-order valence-electron chi connectivity index (χ2n) is 9.46. The first-order valence-electron chi connectivity index (χ1n) is 13.1. The average molecular weight is 484 g/mol. The highest BCUT2D eigenvalue weighted by atomic mass is 16.2. The van der Waals surface area contributed by atoms with Crippen molar-refractivity contribution in [2.24, 2.45) is 0 Å². The third kappa shape index (κ3) is 6.14. The molecule has 1 heterocycles. The minimum atomic E-state index is -0.118. The lowest BCUT2D eigenvalue weighted by Gasteiger charge is -2.36. The van der Waals surface area contributed by atoms with Crippen LogP contribution in [0.2, 0.25) is 0 Å². The highest BCUT2D eigenvalue weighted by molar-refractivity contribution is 5.99. The van der Waals surface area contributed by atoms with E-state index in [1.54, 1.807) is 0 Å². The zero-order valence-corrected chi connectivity index (χ0v) is 21.4. The van der Waals surface area contributed by atoms with Crippen LogP contribution in [0.3, 0.4) is 0 Å². The molecule has 1 saturated heterocycles. The van der Waals surface area contributed by atoms with E-state index < -0.39 is 0 Å². The summed E-state index contributed by atoms with van der Waals surface area (Å²) in [5.74, 6) is 0.0467. The molecule has 2 amide bonds. The summed E-state index contributed by atoms with van der Waals surface area (Å²) < 4.78 is 0. The number of benzene rings is 3. The van der Waals surface area contributed by atoms with Crippen molar-refractivity contribution in [3.63, 3.8) is 0 Å². The van der Waals surface area contributed by atoms with Crippen molar-refractivity contribution in [1.29, 1.82) is 0 Å². The van der Waals surface area contributed by atoms with Gasteiger partial charge in [-0.05, 0) is 49.4 Å². The summed E-state index contributed by atoms with van der Waals surface area (Å²) in [4.78, 5) is 30.8. The molecule has 1 aliphatic heterocycles. The van der Waals surface area contributed by atoms with E-state index in [4.69, 9.17) is 0 Å². The summed E-state index contributed by atoms with van der Waals surface area (Å²) in [5.41, 5.74) is 3.92. The monoisotopic (exact) mass is 483 g/mol. The lowest BCUT2D eigenvalue weighted by molar-refractivity contribution is -0.123. The molecule has 4 rings (SSSR count). The van der Waals surface area contributed by atoms with Crippen molar-refractivity contribution < 1.29 is 9.59 Å². The Labute approximate surface area is 215 Å². The maximum atomic E-state index is 13.5. The fraction of sp³-hybridized carbons (Fsp3) is 0.355. The van der Waals surface area contributed by atoms with Gasteiger partial charge in [-0.3, -0.25) is 9.59 Å². The maximum absolute atomic E-state index is 13.5. The van der Waals surface area contributed by atoms with Gasteiger partial charge in [0.05, 0.1) is 11.5 Å². The fourth-order valence-corrected chi connectivity index (χ4v) is 5.06. The second kappa shape index (κ2) is 12.4. The highest BCUT2D eigenvalue weighted by Crippen LogP contribution is 2.27. The summed E-state index contributed by atoms with van der Waals surface area (Å²) >= 11 is 0. The maximum Gasteiger partial charge on any atom is 0.256 e. The Morgan fingerprint density at radius 1 is 0.889 bits per heavy atom. The minimum absolute atomic E-state index is 0.0565. The van der Waals surface area contributed by atoms with Crippen molar-refractivity contribution in [2.45, 2.75) is 51.6 Å². The van der Waals surface area contributed by atoms with Crippen LogP contribution in [0.15, 0.2) is 84.9 Å². The molecule has 0 aromatic heterocycles. The second-order valence-corrected chi connectivity index (χ2v) is 9.46. The van der Waals surface area contributed by atoms with Crippen LogP contribution in [-0.2, 0) is 11.3 Å². The van der Waals surface area contributed by atoms with Gasteiger partial charge in [-0.1, -0.05) is 79.7 Å². The molecular formula is C31H37N3O2. The van der Waals surface area contributed by atoms with Crippen LogP contribution in [-0.4, -0.2) is 42.4 Å². The third-order valence-corrected chi connectivity index (χ3v) is 7.13. The molecule has 3 aromatic rings. The number of rotatable bonds is 9. The Morgan fingerprint density at radius 3 is 2.14 bits per heavy atom. The van der Waals surface area contributed by atoms with E-state index in [2.05, 4.69) is 29.3 Å². The predicted octanol–water partition coefficient (Wildman–Crippen LogP) is 5.63.